The monoisotopic (exact) mass is 287 g/mol. The number of nitrogens with zero attached hydrogens (tertiary/aromatic N) is 1. The van der Waals surface area contributed by atoms with E-state index < -0.39 is 30.1 Å². The van der Waals surface area contributed by atoms with Crippen LogP contribution in [0.5, 0.6) is 0 Å². The highest BCUT2D eigenvalue weighted by Crippen LogP contribution is 2.06. The van der Waals surface area contributed by atoms with Crippen molar-refractivity contribution in [2.45, 2.75) is 31.8 Å². The first-order chi connectivity index (χ1) is 9.32. The van der Waals surface area contributed by atoms with E-state index in [0.717, 1.165) is 0 Å². The van der Waals surface area contributed by atoms with Crippen LogP contribution in [0.3, 0.4) is 0 Å². The van der Waals surface area contributed by atoms with E-state index in [4.69, 9.17) is 10.2 Å². The number of carboxylic acids is 2. The van der Waals surface area contributed by atoms with Gasteiger partial charge in [0.2, 0.25) is 5.91 Å². The van der Waals surface area contributed by atoms with Crippen LogP contribution in [0.1, 0.15) is 19.8 Å². The minimum Gasteiger partial charge on any atom is -0.481 e. The number of carbonyl (C=O) groups is 4. The van der Waals surface area contributed by atoms with Gasteiger partial charge in [-0.1, -0.05) is 0 Å². The summed E-state index contributed by atoms with van der Waals surface area (Å²) in [7, 11) is 0. The summed E-state index contributed by atoms with van der Waals surface area (Å²) in [5.41, 5.74) is 0. The molecule has 1 heterocycles. The maximum Gasteiger partial charge on any atom is 0.326 e. The van der Waals surface area contributed by atoms with Crippen LogP contribution >= 0.6 is 0 Å². The molecule has 4 N–H and O–H groups in total. The maximum absolute atomic E-state index is 11.9. The fourth-order valence-corrected chi connectivity index (χ4v) is 1.82. The maximum atomic E-state index is 11.9. The first-order valence-electron chi connectivity index (χ1n) is 6.12. The fourth-order valence-electron chi connectivity index (χ4n) is 1.82. The molecule has 2 atom stereocenters. The molecule has 1 rings (SSSR count). The highest BCUT2D eigenvalue weighted by molar-refractivity contribution is 5.89. The predicted molar refractivity (Wildman–Crippen MR) is 66.0 cm³/mol. The molecule has 1 saturated heterocycles. The summed E-state index contributed by atoms with van der Waals surface area (Å²) in [4.78, 5) is 46.0. The van der Waals surface area contributed by atoms with Crippen LogP contribution in [0.4, 0.5) is 4.79 Å². The number of rotatable bonds is 5. The Bertz CT molecular complexity index is 424. The first kappa shape index (κ1) is 15.7. The second-order valence-electron chi connectivity index (χ2n) is 4.43. The van der Waals surface area contributed by atoms with E-state index in [1.165, 1.54) is 11.8 Å². The van der Waals surface area contributed by atoms with Crippen molar-refractivity contribution in [1.82, 2.24) is 15.5 Å². The molecule has 3 amide bonds. The van der Waals surface area contributed by atoms with E-state index in [2.05, 4.69) is 10.6 Å². The highest BCUT2D eigenvalue weighted by Gasteiger charge is 2.31. The minimum atomic E-state index is -1.31. The largest absolute Gasteiger partial charge is 0.481 e. The van der Waals surface area contributed by atoms with Gasteiger partial charge >= 0.3 is 18.0 Å². The van der Waals surface area contributed by atoms with Gasteiger partial charge < -0.3 is 25.7 Å². The summed E-state index contributed by atoms with van der Waals surface area (Å²) in [6.07, 6.45) is -0.585. The molecule has 0 radical (unpaired) electrons. The third-order valence-electron chi connectivity index (χ3n) is 3.00. The van der Waals surface area contributed by atoms with E-state index >= 15 is 0 Å². The number of carboxylic acid groups (broad SMARTS) is 2. The molecule has 0 aliphatic carbocycles. The quantitative estimate of drug-likeness (QED) is 0.503. The molecule has 9 heteroatoms. The van der Waals surface area contributed by atoms with E-state index in [9.17, 15) is 19.2 Å². The van der Waals surface area contributed by atoms with Gasteiger partial charge in [-0.05, 0) is 13.3 Å². The number of hydrogen-bond acceptors (Lipinski definition) is 4. The average molecular weight is 287 g/mol. The van der Waals surface area contributed by atoms with Crippen LogP contribution in [0.15, 0.2) is 0 Å². The third-order valence-corrected chi connectivity index (χ3v) is 3.00. The first-order valence-corrected chi connectivity index (χ1v) is 6.12. The van der Waals surface area contributed by atoms with Crippen molar-refractivity contribution in [2.24, 2.45) is 0 Å². The van der Waals surface area contributed by atoms with Crippen molar-refractivity contribution in [2.75, 3.05) is 13.1 Å². The Morgan fingerprint density at radius 1 is 1.45 bits per heavy atom. The number of nitrogens with one attached hydrogen (secondary N) is 2. The van der Waals surface area contributed by atoms with Crippen LogP contribution in [-0.4, -0.2) is 64.2 Å². The van der Waals surface area contributed by atoms with Crippen LogP contribution in [-0.2, 0) is 14.4 Å². The molecular weight excluding hydrogens is 270 g/mol. The summed E-state index contributed by atoms with van der Waals surface area (Å²) in [6, 6.07) is -2.68. The van der Waals surface area contributed by atoms with Crippen molar-refractivity contribution in [3.8, 4) is 0 Å². The number of amides is 3. The zero-order valence-corrected chi connectivity index (χ0v) is 11.0. The average Bonchev–Trinajstić information content (AvgIpc) is 2.36. The molecule has 1 aliphatic heterocycles. The molecule has 112 valence electrons. The lowest BCUT2D eigenvalue weighted by Gasteiger charge is -2.33. The SMILES string of the molecule is CC1C(=O)NCCN1C(=O)NC(CCC(=O)O)C(=O)O. The normalized spacial score (nSPS) is 19.9. The summed E-state index contributed by atoms with van der Waals surface area (Å²) >= 11 is 0. The van der Waals surface area contributed by atoms with Crippen molar-refractivity contribution >= 4 is 23.9 Å². The smallest absolute Gasteiger partial charge is 0.326 e. The molecule has 0 aromatic rings. The number of urea groups is 1. The lowest BCUT2D eigenvalue weighted by atomic mass is 10.1. The van der Waals surface area contributed by atoms with Gasteiger partial charge in [-0.3, -0.25) is 9.59 Å². The van der Waals surface area contributed by atoms with Gasteiger partial charge in [0.05, 0.1) is 0 Å². The standard InChI is InChI=1S/C11H17N3O6/c1-6-9(17)12-4-5-14(6)11(20)13-7(10(18)19)2-3-8(15)16/h6-7H,2-5H2,1H3,(H,12,17)(H,13,20)(H,15,16)(H,18,19). The second kappa shape index (κ2) is 6.73. The Morgan fingerprint density at radius 2 is 2.10 bits per heavy atom. The van der Waals surface area contributed by atoms with Gasteiger partial charge in [-0.2, -0.15) is 0 Å². The molecule has 0 spiro atoms. The number of piperazine rings is 1. The fraction of sp³-hybridized carbons (Fsp3) is 0.636. The van der Waals surface area contributed by atoms with Crippen molar-refractivity contribution in [1.29, 1.82) is 0 Å². The Hall–Kier alpha value is -2.32. The summed E-state index contributed by atoms with van der Waals surface area (Å²) < 4.78 is 0. The molecule has 20 heavy (non-hydrogen) atoms. The Labute approximate surface area is 114 Å². The van der Waals surface area contributed by atoms with Crippen molar-refractivity contribution in [3.63, 3.8) is 0 Å². The molecular formula is C11H17N3O6. The zero-order valence-electron chi connectivity index (χ0n) is 11.0. The number of hydrogen-bond donors (Lipinski definition) is 4. The molecule has 0 bridgehead atoms. The summed E-state index contributed by atoms with van der Waals surface area (Å²) in [5.74, 6) is -2.77. The van der Waals surface area contributed by atoms with Crippen molar-refractivity contribution < 1.29 is 29.4 Å². The topological polar surface area (TPSA) is 136 Å². The molecule has 9 nitrogen and oxygen atoms in total. The molecule has 0 saturated carbocycles. The predicted octanol–water partition coefficient (Wildman–Crippen LogP) is -1.17. The lowest BCUT2D eigenvalue weighted by Crippen LogP contribution is -2.59. The lowest BCUT2D eigenvalue weighted by molar-refractivity contribution is -0.140. The van der Waals surface area contributed by atoms with Gasteiger partial charge in [0.1, 0.15) is 12.1 Å². The van der Waals surface area contributed by atoms with Crippen molar-refractivity contribution in [3.05, 3.63) is 0 Å². The molecule has 1 aliphatic rings. The van der Waals surface area contributed by atoms with E-state index in [1.54, 1.807) is 0 Å². The van der Waals surface area contributed by atoms with E-state index in [1.807, 2.05) is 0 Å². The van der Waals surface area contributed by atoms with Crippen LogP contribution in [0.2, 0.25) is 0 Å². The summed E-state index contributed by atoms with van der Waals surface area (Å²) in [6.45, 7) is 2.09. The Kier molecular flexibility index (Phi) is 5.30. The Balaban J connectivity index is 2.63. The molecule has 0 aromatic heterocycles. The number of aliphatic carboxylic acids is 2. The molecule has 2 unspecified atom stereocenters. The Morgan fingerprint density at radius 3 is 2.65 bits per heavy atom. The van der Waals surface area contributed by atoms with Crippen LogP contribution < -0.4 is 10.6 Å². The van der Waals surface area contributed by atoms with Gasteiger partial charge in [0.15, 0.2) is 0 Å². The summed E-state index contributed by atoms with van der Waals surface area (Å²) in [5, 5.41) is 22.3. The zero-order chi connectivity index (χ0) is 15.3. The molecule has 0 aromatic carbocycles. The van der Waals surface area contributed by atoms with Crippen LogP contribution in [0.25, 0.3) is 0 Å². The van der Waals surface area contributed by atoms with E-state index in [-0.39, 0.29) is 25.3 Å². The van der Waals surface area contributed by atoms with Gasteiger partial charge in [-0.25, -0.2) is 9.59 Å². The molecule has 1 fully saturated rings. The minimum absolute atomic E-state index is 0.217. The second-order valence-corrected chi connectivity index (χ2v) is 4.43. The van der Waals surface area contributed by atoms with Gasteiger partial charge in [0.25, 0.3) is 0 Å². The van der Waals surface area contributed by atoms with Gasteiger partial charge in [0, 0.05) is 19.5 Å². The van der Waals surface area contributed by atoms with E-state index in [0.29, 0.717) is 6.54 Å². The number of carbonyl (C=O) groups excluding carboxylic acids is 2. The van der Waals surface area contributed by atoms with Gasteiger partial charge in [-0.15, -0.1) is 0 Å². The highest BCUT2D eigenvalue weighted by atomic mass is 16.4. The third kappa shape index (κ3) is 4.11. The van der Waals surface area contributed by atoms with Crippen LogP contribution in [0, 0.1) is 0 Å².